The fourth-order valence-corrected chi connectivity index (χ4v) is 7.05. The minimum absolute atomic E-state index is 0.0703. The Bertz CT molecular complexity index is 1480. The van der Waals surface area contributed by atoms with E-state index in [1.165, 1.54) is 25.3 Å². The summed E-state index contributed by atoms with van der Waals surface area (Å²) < 4.78 is 44.9. The lowest BCUT2D eigenvalue weighted by molar-refractivity contribution is -0.135. The molecule has 1 saturated heterocycles. The summed E-state index contributed by atoms with van der Waals surface area (Å²) >= 11 is 0. The monoisotopic (exact) mass is 661 g/mol. The third kappa shape index (κ3) is 8.71. The summed E-state index contributed by atoms with van der Waals surface area (Å²) in [7, 11) is -1.80. The van der Waals surface area contributed by atoms with Crippen LogP contribution in [0.25, 0.3) is 0 Å². The van der Waals surface area contributed by atoms with E-state index in [2.05, 4.69) is 32.3 Å². The predicted molar refractivity (Wildman–Crippen MR) is 174 cm³/mol. The number of carbonyl (C=O) groups excluding carboxylic acids is 3. The Kier molecular flexibility index (Phi) is 11.9. The van der Waals surface area contributed by atoms with Crippen LogP contribution in [0.3, 0.4) is 0 Å². The number of halogens is 1. The highest BCUT2D eigenvalue weighted by Gasteiger charge is 2.36. The lowest BCUT2D eigenvalue weighted by atomic mass is 9.79. The van der Waals surface area contributed by atoms with Crippen molar-refractivity contribution in [2.45, 2.75) is 77.9 Å². The number of likely N-dealkylation sites (N-methyl/N-ethyl adjacent to an activating group) is 1. The first-order valence-corrected chi connectivity index (χ1v) is 17.9. The Morgan fingerprint density at radius 1 is 1.04 bits per heavy atom. The third-order valence-electron chi connectivity index (χ3n) is 9.39. The van der Waals surface area contributed by atoms with Crippen LogP contribution in [0.1, 0.15) is 75.3 Å². The van der Waals surface area contributed by atoms with Gasteiger partial charge in [-0.1, -0.05) is 32.8 Å². The van der Waals surface area contributed by atoms with Crippen LogP contribution in [-0.4, -0.2) is 96.8 Å². The minimum Gasteiger partial charge on any atom is -0.339 e. The molecule has 12 nitrogen and oxygen atoms in total. The molecule has 1 aromatic carbocycles. The number of hydrogen-bond donors (Lipinski definition) is 3. The first-order chi connectivity index (χ1) is 21.8. The summed E-state index contributed by atoms with van der Waals surface area (Å²) in [5.74, 6) is -2.53. The van der Waals surface area contributed by atoms with Crippen molar-refractivity contribution in [1.29, 1.82) is 0 Å². The third-order valence-corrected chi connectivity index (χ3v) is 10.8. The maximum atomic E-state index is 15.6. The molecule has 2 aromatic rings. The van der Waals surface area contributed by atoms with E-state index in [0.29, 0.717) is 49.9 Å². The molecule has 1 saturated carbocycles. The van der Waals surface area contributed by atoms with Crippen LogP contribution < -0.4 is 15.4 Å². The van der Waals surface area contributed by atoms with Crippen molar-refractivity contribution in [3.63, 3.8) is 0 Å². The standard InChI is InChI=1S/C32H48FN7O5S/c1-6-40-27(14-15-34-40)30(41)36-29(23-10-8-21(3)9-11-23)31(42)35-26-13-12-24(20-25(26)33)22(4)28(37-46(44,45)7-2)32(43)39-18-16-38(5)17-19-39/h12-15,20-23,28-29,37H,6-11,16-19H2,1-5H3,(H,35,42)(H,36,41)/t21?,22-,23?,28+,29-/m0/s1. The maximum Gasteiger partial charge on any atom is 0.270 e. The molecule has 3 N–H and O–H groups in total. The van der Waals surface area contributed by atoms with Crippen LogP contribution >= 0.6 is 0 Å². The normalized spacial score (nSPS) is 21.3. The van der Waals surface area contributed by atoms with E-state index in [1.807, 2.05) is 14.0 Å². The number of benzene rings is 1. The quantitative estimate of drug-likeness (QED) is 0.317. The summed E-state index contributed by atoms with van der Waals surface area (Å²) in [6, 6.07) is 3.81. The van der Waals surface area contributed by atoms with Crippen LogP contribution in [-0.2, 0) is 26.2 Å². The first kappa shape index (κ1) is 35.5. The Labute approximate surface area is 271 Å². The van der Waals surface area contributed by atoms with E-state index in [1.54, 1.807) is 28.6 Å². The van der Waals surface area contributed by atoms with Gasteiger partial charge in [0.05, 0.1) is 11.4 Å². The number of hydrogen-bond acceptors (Lipinski definition) is 7. The molecule has 3 atom stereocenters. The summed E-state index contributed by atoms with van der Waals surface area (Å²) in [6.45, 7) is 9.95. The molecule has 46 heavy (non-hydrogen) atoms. The molecular formula is C32H48FN7O5S. The smallest absolute Gasteiger partial charge is 0.270 e. The van der Waals surface area contributed by atoms with Crippen molar-refractivity contribution in [2.75, 3.05) is 44.3 Å². The molecule has 2 heterocycles. The predicted octanol–water partition coefficient (Wildman–Crippen LogP) is 2.79. The van der Waals surface area contributed by atoms with Gasteiger partial charge in [-0.15, -0.1) is 0 Å². The first-order valence-electron chi connectivity index (χ1n) is 16.2. The fourth-order valence-electron chi connectivity index (χ4n) is 6.19. The number of aryl methyl sites for hydroxylation is 1. The van der Waals surface area contributed by atoms with E-state index < -0.39 is 45.7 Å². The van der Waals surface area contributed by atoms with Crippen LogP contribution in [0.4, 0.5) is 10.1 Å². The Hall–Kier alpha value is -3.36. The molecule has 1 aliphatic heterocycles. The topological polar surface area (TPSA) is 146 Å². The zero-order valence-corrected chi connectivity index (χ0v) is 28.3. The molecule has 2 aliphatic rings. The van der Waals surface area contributed by atoms with Gasteiger partial charge in [-0.2, -0.15) is 5.10 Å². The minimum atomic E-state index is -3.75. The molecular weight excluding hydrogens is 613 g/mol. The molecule has 0 bridgehead atoms. The highest BCUT2D eigenvalue weighted by Crippen LogP contribution is 2.32. The van der Waals surface area contributed by atoms with Crippen molar-refractivity contribution in [3.05, 3.63) is 47.5 Å². The summed E-state index contributed by atoms with van der Waals surface area (Å²) in [6.07, 6.45) is 4.88. The molecule has 14 heteroatoms. The molecule has 3 amide bonds. The maximum absolute atomic E-state index is 15.6. The van der Waals surface area contributed by atoms with Crippen LogP contribution in [0.5, 0.6) is 0 Å². The molecule has 0 radical (unpaired) electrons. The number of rotatable bonds is 12. The molecule has 1 aliphatic carbocycles. The second kappa shape index (κ2) is 15.5. The number of amides is 3. The Balaban J connectivity index is 1.54. The van der Waals surface area contributed by atoms with Gasteiger partial charge >= 0.3 is 0 Å². The van der Waals surface area contributed by atoms with Crippen LogP contribution in [0.15, 0.2) is 30.5 Å². The number of nitrogens with zero attached hydrogens (tertiary/aromatic N) is 4. The van der Waals surface area contributed by atoms with E-state index in [4.69, 9.17) is 0 Å². The van der Waals surface area contributed by atoms with Gasteiger partial charge in [-0.05, 0) is 69.3 Å². The van der Waals surface area contributed by atoms with Crippen molar-refractivity contribution in [1.82, 2.24) is 29.6 Å². The lowest BCUT2D eigenvalue weighted by Crippen LogP contribution is -2.55. The lowest BCUT2D eigenvalue weighted by Gasteiger charge is -2.36. The van der Waals surface area contributed by atoms with Gasteiger partial charge in [-0.25, -0.2) is 17.5 Å². The second-order valence-corrected chi connectivity index (χ2v) is 14.7. The summed E-state index contributed by atoms with van der Waals surface area (Å²) in [4.78, 5) is 44.2. The molecule has 1 aromatic heterocycles. The number of nitrogens with one attached hydrogen (secondary N) is 3. The molecule has 254 valence electrons. The number of anilines is 1. The Morgan fingerprint density at radius 3 is 2.33 bits per heavy atom. The van der Waals surface area contributed by atoms with E-state index in [9.17, 15) is 22.8 Å². The van der Waals surface area contributed by atoms with Gasteiger partial charge in [0, 0.05) is 44.8 Å². The van der Waals surface area contributed by atoms with Gasteiger partial charge in [0.1, 0.15) is 23.6 Å². The van der Waals surface area contributed by atoms with Crippen molar-refractivity contribution >= 4 is 33.4 Å². The SMILES string of the molecule is CCn1nccc1C(=O)N[C@H](C(=O)Nc1ccc([C@H](C)[C@@H](NS(=O)(=O)CC)C(=O)N2CCN(C)CC2)cc1F)C1CCC(C)CC1. The van der Waals surface area contributed by atoms with Gasteiger partial charge in [0.2, 0.25) is 21.8 Å². The Morgan fingerprint density at radius 2 is 1.72 bits per heavy atom. The van der Waals surface area contributed by atoms with Crippen molar-refractivity contribution < 1.29 is 27.2 Å². The van der Waals surface area contributed by atoms with Gasteiger partial charge in [0.15, 0.2) is 0 Å². The average Bonchev–Trinajstić information content (AvgIpc) is 3.53. The number of carbonyl (C=O) groups is 3. The summed E-state index contributed by atoms with van der Waals surface area (Å²) in [5, 5.41) is 9.72. The van der Waals surface area contributed by atoms with Crippen molar-refractivity contribution in [2.24, 2.45) is 11.8 Å². The molecule has 2 fully saturated rings. The molecule has 0 spiro atoms. The van der Waals surface area contributed by atoms with Crippen molar-refractivity contribution in [3.8, 4) is 0 Å². The molecule has 0 unspecified atom stereocenters. The average molecular weight is 662 g/mol. The van der Waals surface area contributed by atoms with E-state index >= 15 is 4.39 Å². The zero-order chi connectivity index (χ0) is 33.6. The second-order valence-electron chi connectivity index (χ2n) is 12.6. The highest BCUT2D eigenvalue weighted by molar-refractivity contribution is 7.89. The largest absolute Gasteiger partial charge is 0.339 e. The fraction of sp³-hybridized carbons (Fsp3) is 0.625. The van der Waals surface area contributed by atoms with Gasteiger partial charge in [0.25, 0.3) is 5.91 Å². The van der Waals surface area contributed by atoms with Crippen LogP contribution in [0.2, 0.25) is 0 Å². The van der Waals surface area contributed by atoms with Gasteiger partial charge < -0.3 is 20.4 Å². The molecule has 4 rings (SSSR count). The van der Waals surface area contributed by atoms with Gasteiger partial charge in [-0.3, -0.25) is 19.1 Å². The number of piperazine rings is 1. The van der Waals surface area contributed by atoms with E-state index in [0.717, 1.165) is 25.7 Å². The number of aromatic nitrogens is 2. The van der Waals surface area contributed by atoms with Crippen LogP contribution in [0, 0.1) is 17.7 Å². The number of sulfonamides is 1. The summed E-state index contributed by atoms with van der Waals surface area (Å²) in [5.41, 5.74) is 0.674. The van der Waals surface area contributed by atoms with E-state index in [-0.39, 0.29) is 23.3 Å². The highest BCUT2D eigenvalue weighted by atomic mass is 32.2. The zero-order valence-electron chi connectivity index (χ0n) is 27.5.